The Labute approximate surface area is 212 Å². The highest BCUT2D eigenvalue weighted by molar-refractivity contribution is 7.88. The van der Waals surface area contributed by atoms with Gasteiger partial charge in [0.2, 0.25) is 21.8 Å². The minimum Gasteiger partial charge on any atom is -0.376 e. The van der Waals surface area contributed by atoms with Crippen LogP contribution >= 0.6 is 11.6 Å². The largest absolute Gasteiger partial charge is 0.376 e. The number of ether oxygens (including phenoxy) is 1. The van der Waals surface area contributed by atoms with Crippen molar-refractivity contribution in [3.63, 3.8) is 0 Å². The molecule has 0 radical (unpaired) electrons. The highest BCUT2D eigenvalue weighted by Gasteiger charge is 2.32. The molecule has 0 aromatic heterocycles. The predicted molar refractivity (Wildman–Crippen MR) is 135 cm³/mol. The van der Waals surface area contributed by atoms with Crippen molar-refractivity contribution >= 4 is 33.4 Å². The van der Waals surface area contributed by atoms with Gasteiger partial charge in [-0.2, -0.15) is 4.31 Å². The lowest BCUT2D eigenvalue weighted by molar-refractivity contribution is -0.141. The Hall–Kier alpha value is -2.46. The third-order valence-corrected chi connectivity index (χ3v) is 7.50. The zero-order chi connectivity index (χ0) is 25.4. The van der Waals surface area contributed by atoms with Crippen LogP contribution in [0, 0.1) is 0 Å². The van der Waals surface area contributed by atoms with Gasteiger partial charge in [0.05, 0.1) is 18.9 Å². The first-order valence-corrected chi connectivity index (χ1v) is 13.7. The van der Waals surface area contributed by atoms with Crippen LogP contribution in [0.5, 0.6) is 0 Å². The van der Waals surface area contributed by atoms with Crippen LogP contribution in [0.4, 0.5) is 0 Å². The van der Waals surface area contributed by atoms with Gasteiger partial charge in [-0.25, -0.2) is 8.42 Å². The van der Waals surface area contributed by atoms with Crippen LogP contribution in [0.3, 0.4) is 0 Å². The average Bonchev–Trinajstić information content (AvgIpc) is 3.34. The summed E-state index contributed by atoms with van der Waals surface area (Å²) in [7, 11) is -2.24. The highest BCUT2D eigenvalue weighted by Crippen LogP contribution is 2.18. The number of carbonyl (C=O) groups excluding carboxylic acids is 2. The molecule has 1 saturated heterocycles. The van der Waals surface area contributed by atoms with Crippen LogP contribution in [0.25, 0.3) is 0 Å². The maximum absolute atomic E-state index is 13.5. The minimum absolute atomic E-state index is 0.0480. The number of sulfonamides is 1. The first-order chi connectivity index (χ1) is 16.6. The van der Waals surface area contributed by atoms with Crippen LogP contribution in [-0.4, -0.2) is 74.6 Å². The minimum atomic E-state index is -3.58. The van der Waals surface area contributed by atoms with E-state index in [0.717, 1.165) is 34.5 Å². The summed E-state index contributed by atoms with van der Waals surface area (Å²) in [6.07, 6.45) is 3.09. The van der Waals surface area contributed by atoms with Gasteiger partial charge < -0.3 is 15.0 Å². The van der Waals surface area contributed by atoms with E-state index in [-0.39, 0.29) is 31.5 Å². The van der Waals surface area contributed by atoms with Crippen LogP contribution in [0.2, 0.25) is 5.02 Å². The van der Waals surface area contributed by atoms with Gasteiger partial charge in [0.15, 0.2) is 0 Å². The number of hydrogen-bond donors (Lipinski definition) is 1. The first kappa shape index (κ1) is 27.1. The fourth-order valence-electron chi connectivity index (χ4n) is 3.88. The second-order valence-electron chi connectivity index (χ2n) is 8.75. The van der Waals surface area contributed by atoms with Crippen molar-refractivity contribution < 1.29 is 22.7 Å². The summed E-state index contributed by atoms with van der Waals surface area (Å²) in [5, 5.41) is 3.50. The van der Waals surface area contributed by atoms with E-state index in [1.54, 1.807) is 24.3 Å². The number of amides is 2. The Morgan fingerprint density at radius 2 is 1.80 bits per heavy atom. The lowest BCUT2D eigenvalue weighted by Crippen LogP contribution is -2.53. The Morgan fingerprint density at radius 3 is 2.40 bits per heavy atom. The quantitative estimate of drug-likeness (QED) is 0.490. The van der Waals surface area contributed by atoms with E-state index < -0.39 is 22.0 Å². The summed E-state index contributed by atoms with van der Waals surface area (Å²) in [5.41, 5.74) is 1.66. The Balaban J connectivity index is 1.90. The number of carbonyl (C=O) groups is 2. The van der Waals surface area contributed by atoms with Crippen molar-refractivity contribution in [2.24, 2.45) is 0 Å². The van der Waals surface area contributed by atoms with Gasteiger partial charge in [-0.1, -0.05) is 54.1 Å². The molecule has 0 unspecified atom stereocenters. The SMILES string of the molecule is CN(CC(=O)N(Cc1ccc(Cl)cc1)[C@H](Cc1ccccc1)C(=O)NC[C@H]1CCCO1)S(C)(=O)=O. The molecule has 0 saturated carbocycles. The molecule has 35 heavy (non-hydrogen) atoms. The number of benzene rings is 2. The summed E-state index contributed by atoms with van der Waals surface area (Å²) >= 11 is 6.02. The van der Waals surface area contributed by atoms with E-state index in [1.165, 1.54) is 11.9 Å². The number of nitrogens with zero attached hydrogens (tertiary/aromatic N) is 2. The molecule has 8 nitrogen and oxygen atoms in total. The maximum atomic E-state index is 13.5. The van der Waals surface area contributed by atoms with E-state index in [2.05, 4.69) is 5.32 Å². The molecule has 1 fully saturated rings. The van der Waals surface area contributed by atoms with E-state index >= 15 is 0 Å². The maximum Gasteiger partial charge on any atom is 0.243 e. The zero-order valence-corrected chi connectivity index (χ0v) is 21.6. The molecule has 2 aromatic carbocycles. The molecule has 1 heterocycles. The molecule has 0 bridgehead atoms. The Morgan fingerprint density at radius 1 is 1.11 bits per heavy atom. The number of likely N-dealkylation sites (N-methyl/N-ethyl adjacent to an activating group) is 1. The van der Waals surface area contributed by atoms with Crippen molar-refractivity contribution in [3.05, 3.63) is 70.7 Å². The van der Waals surface area contributed by atoms with E-state index in [9.17, 15) is 18.0 Å². The molecule has 190 valence electrons. The van der Waals surface area contributed by atoms with Crippen LogP contribution in [0.15, 0.2) is 54.6 Å². The smallest absolute Gasteiger partial charge is 0.243 e. The highest BCUT2D eigenvalue weighted by atomic mass is 35.5. The molecular weight excluding hydrogens is 490 g/mol. The van der Waals surface area contributed by atoms with Gasteiger partial charge in [-0.3, -0.25) is 9.59 Å². The number of nitrogens with one attached hydrogen (secondary N) is 1. The number of rotatable bonds is 11. The fourth-order valence-corrected chi connectivity index (χ4v) is 4.35. The van der Waals surface area contributed by atoms with Gasteiger partial charge in [0.25, 0.3) is 0 Å². The van der Waals surface area contributed by atoms with Crippen molar-refractivity contribution in [3.8, 4) is 0 Å². The lowest BCUT2D eigenvalue weighted by atomic mass is 10.0. The standard InChI is InChI=1S/C25H32ClN3O5S/c1-28(35(2,32)33)18-24(30)29(17-20-10-12-21(26)13-11-20)23(15-19-7-4-3-5-8-19)25(31)27-16-22-9-6-14-34-22/h3-5,7-8,10-13,22-23H,6,9,14-18H2,1-2H3,(H,27,31)/t22-,23-/m1/s1. The molecule has 10 heteroatoms. The van der Waals surface area contributed by atoms with Crippen molar-refractivity contribution in [2.75, 3.05) is 33.0 Å². The summed E-state index contributed by atoms with van der Waals surface area (Å²) in [5.74, 6) is -0.783. The van der Waals surface area contributed by atoms with E-state index in [0.29, 0.717) is 18.2 Å². The van der Waals surface area contributed by atoms with E-state index in [1.807, 2.05) is 30.3 Å². The molecule has 1 N–H and O–H groups in total. The lowest BCUT2D eigenvalue weighted by Gasteiger charge is -2.32. The molecular formula is C25H32ClN3O5S. The van der Waals surface area contributed by atoms with Crippen molar-refractivity contribution in [2.45, 2.75) is 38.0 Å². The average molecular weight is 522 g/mol. The van der Waals surface area contributed by atoms with Gasteiger partial charge in [0, 0.05) is 38.2 Å². The summed E-state index contributed by atoms with van der Waals surface area (Å²) in [4.78, 5) is 28.4. The number of halogens is 1. The van der Waals surface area contributed by atoms with Gasteiger partial charge in [0.1, 0.15) is 6.04 Å². The molecule has 1 aliphatic rings. The summed E-state index contributed by atoms with van der Waals surface area (Å²) < 4.78 is 30.6. The van der Waals surface area contributed by atoms with Crippen LogP contribution in [-0.2, 0) is 37.3 Å². The van der Waals surface area contributed by atoms with Gasteiger partial charge in [-0.05, 0) is 36.1 Å². The monoisotopic (exact) mass is 521 g/mol. The second-order valence-corrected chi connectivity index (χ2v) is 11.3. The Bertz CT molecular complexity index is 1090. The molecule has 2 atom stereocenters. The van der Waals surface area contributed by atoms with Crippen LogP contribution in [0.1, 0.15) is 24.0 Å². The normalized spacial score (nSPS) is 16.7. The third kappa shape index (κ3) is 8.31. The molecule has 1 aliphatic heterocycles. The zero-order valence-electron chi connectivity index (χ0n) is 20.0. The second kappa shape index (κ2) is 12.5. The van der Waals surface area contributed by atoms with Crippen molar-refractivity contribution in [1.82, 2.24) is 14.5 Å². The number of hydrogen-bond acceptors (Lipinski definition) is 5. The molecule has 0 aliphatic carbocycles. The summed E-state index contributed by atoms with van der Waals surface area (Å²) in [6, 6.07) is 15.6. The first-order valence-electron chi connectivity index (χ1n) is 11.5. The Kier molecular flexibility index (Phi) is 9.68. The fraction of sp³-hybridized carbons (Fsp3) is 0.440. The van der Waals surface area contributed by atoms with Crippen molar-refractivity contribution in [1.29, 1.82) is 0 Å². The summed E-state index contributed by atoms with van der Waals surface area (Å²) in [6.45, 7) is 0.776. The predicted octanol–water partition coefficient (Wildman–Crippen LogP) is 2.47. The molecule has 2 amide bonds. The molecule has 0 spiro atoms. The van der Waals surface area contributed by atoms with Gasteiger partial charge in [-0.15, -0.1) is 0 Å². The third-order valence-electron chi connectivity index (χ3n) is 5.99. The molecule has 2 aromatic rings. The van der Waals surface area contributed by atoms with Gasteiger partial charge >= 0.3 is 0 Å². The topological polar surface area (TPSA) is 96.0 Å². The molecule has 3 rings (SSSR count). The van der Waals surface area contributed by atoms with E-state index in [4.69, 9.17) is 16.3 Å². The van der Waals surface area contributed by atoms with Crippen LogP contribution < -0.4 is 5.32 Å².